The van der Waals surface area contributed by atoms with Crippen molar-refractivity contribution in [1.29, 1.82) is 0 Å². The Morgan fingerprint density at radius 2 is 1.73 bits per heavy atom. The fourth-order valence-electron chi connectivity index (χ4n) is 6.02. The monoisotopic (exact) mass is 645 g/mol. The number of amides is 1. The van der Waals surface area contributed by atoms with Crippen LogP contribution >= 0.6 is 0 Å². The van der Waals surface area contributed by atoms with Gasteiger partial charge in [0, 0.05) is 51.5 Å². The standard InChI is InChI=1S/C30H37F6N5O4/c1-43-25-17-44-14-11-22(25)38-20-9-12-41(13-10-20)27(42)23-15-26(40-28(39-23)30(34,35)36)37-16-21-3-2-4-24(45-21)18-5-7-19(8-6-18)29(31,32)33/h5-8,15,20-22,24-25,38H,2-4,9-14,16-17H2,1H3,(H,37,39,40)/t21-,22-,24+,25+/m1/s1. The zero-order valence-corrected chi connectivity index (χ0v) is 24.8. The summed E-state index contributed by atoms with van der Waals surface area (Å²) in [5, 5.41) is 6.44. The highest BCUT2D eigenvalue weighted by atomic mass is 19.4. The summed E-state index contributed by atoms with van der Waals surface area (Å²) in [7, 11) is 1.64. The predicted octanol–water partition coefficient (Wildman–Crippen LogP) is 5.23. The van der Waals surface area contributed by atoms with Crippen molar-refractivity contribution in [3.05, 3.63) is 53.0 Å². The van der Waals surface area contributed by atoms with E-state index in [1.54, 1.807) is 7.11 Å². The number of alkyl halides is 6. The third kappa shape index (κ3) is 8.63. The molecule has 0 radical (unpaired) electrons. The average Bonchev–Trinajstić information content (AvgIpc) is 3.03. The molecule has 5 rings (SSSR count). The van der Waals surface area contributed by atoms with E-state index in [0.29, 0.717) is 64.0 Å². The van der Waals surface area contributed by atoms with Crippen LogP contribution in [0.4, 0.5) is 32.2 Å². The van der Waals surface area contributed by atoms with Gasteiger partial charge in [0.15, 0.2) is 0 Å². The van der Waals surface area contributed by atoms with Gasteiger partial charge < -0.3 is 29.7 Å². The van der Waals surface area contributed by atoms with Crippen molar-refractivity contribution in [1.82, 2.24) is 20.2 Å². The number of anilines is 1. The van der Waals surface area contributed by atoms with Crippen molar-refractivity contribution in [2.24, 2.45) is 0 Å². The van der Waals surface area contributed by atoms with Gasteiger partial charge in [-0.3, -0.25) is 4.79 Å². The number of piperidine rings is 1. The molecule has 3 aliphatic rings. The number of ether oxygens (including phenoxy) is 3. The lowest BCUT2D eigenvalue weighted by Crippen LogP contribution is -2.54. The molecule has 15 heteroatoms. The van der Waals surface area contributed by atoms with Gasteiger partial charge in [-0.1, -0.05) is 12.1 Å². The van der Waals surface area contributed by atoms with Crippen LogP contribution in [0.15, 0.2) is 30.3 Å². The van der Waals surface area contributed by atoms with Gasteiger partial charge in [0.05, 0.1) is 30.5 Å². The van der Waals surface area contributed by atoms with Crippen LogP contribution in [0.2, 0.25) is 0 Å². The van der Waals surface area contributed by atoms with Gasteiger partial charge in [-0.2, -0.15) is 26.3 Å². The summed E-state index contributed by atoms with van der Waals surface area (Å²) < 4.78 is 97.0. The Hall–Kier alpha value is -3.01. The van der Waals surface area contributed by atoms with Gasteiger partial charge in [-0.25, -0.2) is 9.97 Å². The SMILES string of the molecule is CO[C@H]1COCC[C@H]1NC1CCN(C(=O)c2cc(NC[C@H]3CCC[C@@H](c4ccc(C(F)(F)F)cc4)O3)nc(C(F)(F)F)n2)CC1. The van der Waals surface area contributed by atoms with Gasteiger partial charge in [0.1, 0.15) is 11.5 Å². The second-order valence-corrected chi connectivity index (χ2v) is 11.6. The molecule has 2 N–H and O–H groups in total. The zero-order chi connectivity index (χ0) is 32.2. The molecule has 3 aliphatic heterocycles. The lowest BCUT2D eigenvalue weighted by atomic mass is 9.97. The molecule has 0 bridgehead atoms. The first kappa shape index (κ1) is 33.4. The maximum atomic E-state index is 13.7. The van der Waals surface area contributed by atoms with Crippen LogP contribution in [0.3, 0.4) is 0 Å². The van der Waals surface area contributed by atoms with Crippen LogP contribution in [0.5, 0.6) is 0 Å². The topological polar surface area (TPSA) is 97.8 Å². The summed E-state index contributed by atoms with van der Waals surface area (Å²) in [6.45, 7) is 1.93. The van der Waals surface area contributed by atoms with Crippen molar-refractivity contribution in [3.63, 3.8) is 0 Å². The fourth-order valence-corrected chi connectivity index (χ4v) is 6.02. The maximum absolute atomic E-state index is 13.7. The molecule has 1 amide bonds. The Morgan fingerprint density at radius 3 is 2.40 bits per heavy atom. The first-order chi connectivity index (χ1) is 21.4. The van der Waals surface area contributed by atoms with Gasteiger partial charge in [-0.15, -0.1) is 0 Å². The number of rotatable bonds is 8. The number of nitrogens with one attached hydrogen (secondary N) is 2. The summed E-state index contributed by atoms with van der Waals surface area (Å²) in [6.07, 6.45) is -6.32. The predicted molar refractivity (Wildman–Crippen MR) is 151 cm³/mol. The number of halogens is 6. The Morgan fingerprint density at radius 1 is 1.00 bits per heavy atom. The molecule has 0 saturated carbocycles. The quantitative estimate of drug-likeness (QED) is 0.377. The van der Waals surface area contributed by atoms with Crippen LogP contribution in [-0.4, -0.2) is 85.0 Å². The van der Waals surface area contributed by atoms with Crippen LogP contribution < -0.4 is 10.6 Å². The Balaban J connectivity index is 1.20. The Labute approximate surface area is 257 Å². The number of benzene rings is 1. The van der Waals surface area contributed by atoms with E-state index in [1.807, 2.05) is 0 Å². The van der Waals surface area contributed by atoms with Crippen molar-refractivity contribution >= 4 is 11.7 Å². The van der Waals surface area contributed by atoms with E-state index in [9.17, 15) is 31.1 Å². The smallest absolute Gasteiger partial charge is 0.379 e. The molecule has 1 aromatic heterocycles. The number of methoxy groups -OCH3 is 1. The second kappa shape index (κ2) is 14.2. The first-order valence-corrected chi connectivity index (χ1v) is 15.1. The highest BCUT2D eigenvalue weighted by molar-refractivity contribution is 5.93. The van der Waals surface area contributed by atoms with Crippen LogP contribution in [0, 0.1) is 0 Å². The van der Waals surface area contributed by atoms with Crippen LogP contribution in [0.25, 0.3) is 0 Å². The number of carbonyl (C=O) groups excluding carboxylic acids is 1. The zero-order valence-electron chi connectivity index (χ0n) is 24.8. The number of likely N-dealkylation sites (tertiary alicyclic amines) is 1. The van der Waals surface area contributed by atoms with E-state index >= 15 is 0 Å². The van der Waals surface area contributed by atoms with E-state index in [1.165, 1.54) is 23.1 Å². The summed E-state index contributed by atoms with van der Waals surface area (Å²) in [5.74, 6) is -2.20. The molecular weight excluding hydrogens is 608 g/mol. The van der Waals surface area contributed by atoms with Gasteiger partial charge in [0.25, 0.3) is 5.91 Å². The molecule has 0 aliphatic carbocycles. The molecule has 45 heavy (non-hydrogen) atoms. The molecule has 4 heterocycles. The molecular formula is C30H37F6N5O4. The van der Waals surface area contributed by atoms with Gasteiger partial charge in [0.2, 0.25) is 5.82 Å². The van der Waals surface area contributed by atoms with Crippen molar-refractivity contribution in [2.45, 2.75) is 81.3 Å². The molecule has 2 aromatic rings. The molecule has 0 spiro atoms. The third-order valence-corrected chi connectivity index (χ3v) is 8.51. The maximum Gasteiger partial charge on any atom is 0.451 e. The lowest BCUT2D eigenvalue weighted by molar-refractivity contribution is -0.145. The molecule has 248 valence electrons. The first-order valence-electron chi connectivity index (χ1n) is 15.1. The van der Waals surface area contributed by atoms with E-state index in [0.717, 1.165) is 18.6 Å². The minimum atomic E-state index is -4.87. The van der Waals surface area contributed by atoms with E-state index < -0.39 is 41.9 Å². The summed E-state index contributed by atoms with van der Waals surface area (Å²) in [5.41, 5.74) is -0.527. The highest BCUT2D eigenvalue weighted by Gasteiger charge is 2.37. The van der Waals surface area contributed by atoms with E-state index in [2.05, 4.69) is 20.6 Å². The van der Waals surface area contributed by atoms with Crippen molar-refractivity contribution in [3.8, 4) is 0 Å². The molecule has 0 unspecified atom stereocenters. The van der Waals surface area contributed by atoms with E-state index in [-0.39, 0.29) is 36.2 Å². The number of carbonyl (C=O) groups is 1. The number of hydrogen-bond acceptors (Lipinski definition) is 8. The fraction of sp³-hybridized carbons (Fsp3) is 0.633. The third-order valence-electron chi connectivity index (χ3n) is 8.51. The molecule has 3 saturated heterocycles. The summed E-state index contributed by atoms with van der Waals surface area (Å²) >= 11 is 0. The second-order valence-electron chi connectivity index (χ2n) is 11.6. The molecule has 3 fully saturated rings. The van der Waals surface area contributed by atoms with Gasteiger partial charge in [-0.05, 0) is 56.2 Å². The summed E-state index contributed by atoms with van der Waals surface area (Å²) in [4.78, 5) is 22.0. The molecule has 1 aromatic carbocycles. The van der Waals surface area contributed by atoms with Crippen molar-refractivity contribution < 1.29 is 45.3 Å². The Kier molecular flexibility index (Phi) is 10.5. The largest absolute Gasteiger partial charge is 0.451 e. The minimum absolute atomic E-state index is 0.0687. The number of aromatic nitrogens is 2. The normalized spacial score (nSPS) is 25.3. The highest BCUT2D eigenvalue weighted by Crippen LogP contribution is 2.35. The van der Waals surface area contributed by atoms with Crippen LogP contribution in [-0.2, 0) is 26.6 Å². The van der Waals surface area contributed by atoms with Gasteiger partial charge >= 0.3 is 12.4 Å². The van der Waals surface area contributed by atoms with Crippen LogP contribution in [0.1, 0.15) is 72.1 Å². The summed E-state index contributed by atoms with van der Waals surface area (Å²) in [6, 6.07) is 6.22. The Bertz CT molecular complexity index is 1290. The number of hydrogen-bond donors (Lipinski definition) is 2. The number of nitrogens with zero attached hydrogens (tertiary/aromatic N) is 3. The molecule has 9 nitrogen and oxygen atoms in total. The van der Waals surface area contributed by atoms with E-state index in [4.69, 9.17) is 14.2 Å². The molecule has 4 atom stereocenters. The lowest BCUT2D eigenvalue weighted by Gasteiger charge is -2.38. The average molecular weight is 646 g/mol. The minimum Gasteiger partial charge on any atom is -0.379 e. The van der Waals surface area contributed by atoms with Crippen molar-refractivity contribution in [2.75, 3.05) is 45.3 Å².